The van der Waals surface area contributed by atoms with Gasteiger partial charge in [0.15, 0.2) is 0 Å². The van der Waals surface area contributed by atoms with E-state index in [1.54, 1.807) is 19.1 Å². The minimum Gasteiger partial charge on any atom is -0.352 e. The van der Waals surface area contributed by atoms with Gasteiger partial charge in [0, 0.05) is 25.2 Å². The molecule has 0 bridgehead atoms. The molecule has 8 heteroatoms. The van der Waals surface area contributed by atoms with E-state index in [4.69, 9.17) is 0 Å². The fraction of sp³-hybridized carbons (Fsp3) is 0.296. The summed E-state index contributed by atoms with van der Waals surface area (Å²) in [6.45, 7) is 5.10. The summed E-state index contributed by atoms with van der Waals surface area (Å²) < 4.78 is 41.8. The number of piperidine rings is 1. The Morgan fingerprint density at radius 2 is 1.80 bits per heavy atom. The van der Waals surface area contributed by atoms with E-state index >= 15 is 0 Å². The smallest absolute Gasteiger partial charge is 0.262 e. The van der Waals surface area contributed by atoms with Crippen molar-refractivity contribution >= 4 is 21.6 Å². The number of sulfonamides is 1. The number of aryl methyl sites for hydroxylation is 1. The summed E-state index contributed by atoms with van der Waals surface area (Å²) in [6, 6.07) is 20.2. The average Bonchev–Trinajstić information content (AvgIpc) is 2.85. The van der Waals surface area contributed by atoms with Crippen molar-refractivity contribution in [1.82, 2.24) is 10.2 Å². The highest BCUT2D eigenvalue weighted by Crippen LogP contribution is 2.22. The Labute approximate surface area is 206 Å². The predicted molar refractivity (Wildman–Crippen MR) is 135 cm³/mol. The summed E-state index contributed by atoms with van der Waals surface area (Å²) in [7, 11) is -4.06. The SMILES string of the molecule is Cc1ccc(S(=O)(=O)Nc2ccccc2F)cc1C(=O)NCC1CCCN(Cc2ccccc2)C1. The van der Waals surface area contributed by atoms with Crippen LogP contribution in [0.15, 0.2) is 77.7 Å². The molecule has 1 aliphatic heterocycles. The number of benzene rings is 3. The first-order valence-electron chi connectivity index (χ1n) is 11.7. The van der Waals surface area contributed by atoms with Crippen LogP contribution in [0.4, 0.5) is 10.1 Å². The molecular formula is C27H30FN3O3S. The summed E-state index contributed by atoms with van der Waals surface area (Å²) in [6.07, 6.45) is 2.10. The van der Waals surface area contributed by atoms with Crippen LogP contribution < -0.4 is 10.0 Å². The number of amides is 1. The average molecular weight is 496 g/mol. The third kappa shape index (κ3) is 6.46. The quantitative estimate of drug-likeness (QED) is 0.480. The molecule has 6 nitrogen and oxygen atoms in total. The topological polar surface area (TPSA) is 78.5 Å². The molecule has 3 aromatic carbocycles. The number of hydrogen-bond acceptors (Lipinski definition) is 4. The molecule has 1 aliphatic rings. The van der Waals surface area contributed by atoms with E-state index in [1.807, 2.05) is 18.2 Å². The molecule has 0 aliphatic carbocycles. The first-order chi connectivity index (χ1) is 16.8. The lowest BCUT2D eigenvalue weighted by Gasteiger charge is -2.32. The monoisotopic (exact) mass is 495 g/mol. The lowest BCUT2D eigenvalue weighted by Crippen LogP contribution is -2.40. The van der Waals surface area contributed by atoms with Crippen LogP contribution in [0.25, 0.3) is 0 Å². The Morgan fingerprint density at radius 3 is 2.57 bits per heavy atom. The van der Waals surface area contributed by atoms with Crippen molar-refractivity contribution in [3.63, 3.8) is 0 Å². The summed E-state index contributed by atoms with van der Waals surface area (Å²) in [5, 5.41) is 2.99. The van der Waals surface area contributed by atoms with Gasteiger partial charge in [-0.3, -0.25) is 14.4 Å². The van der Waals surface area contributed by atoms with E-state index in [0.29, 0.717) is 23.6 Å². The van der Waals surface area contributed by atoms with E-state index < -0.39 is 15.8 Å². The number of carbonyl (C=O) groups excluding carboxylic acids is 1. The van der Waals surface area contributed by atoms with Crippen LogP contribution in [0.3, 0.4) is 0 Å². The predicted octanol–water partition coefficient (Wildman–Crippen LogP) is 4.58. The highest BCUT2D eigenvalue weighted by molar-refractivity contribution is 7.92. The van der Waals surface area contributed by atoms with Gasteiger partial charge in [0.2, 0.25) is 0 Å². The van der Waals surface area contributed by atoms with Crippen molar-refractivity contribution in [1.29, 1.82) is 0 Å². The van der Waals surface area contributed by atoms with Crippen LogP contribution in [0.2, 0.25) is 0 Å². The molecule has 4 rings (SSSR count). The molecule has 2 N–H and O–H groups in total. The van der Waals surface area contributed by atoms with Gasteiger partial charge in [-0.2, -0.15) is 0 Å². The second-order valence-electron chi connectivity index (χ2n) is 9.00. The maximum absolute atomic E-state index is 13.9. The van der Waals surface area contributed by atoms with E-state index in [1.165, 1.54) is 35.9 Å². The summed E-state index contributed by atoms with van der Waals surface area (Å²) >= 11 is 0. The van der Waals surface area contributed by atoms with Crippen molar-refractivity contribution in [2.24, 2.45) is 5.92 Å². The van der Waals surface area contributed by atoms with Crippen molar-refractivity contribution in [2.45, 2.75) is 31.2 Å². The van der Waals surface area contributed by atoms with Gasteiger partial charge in [-0.1, -0.05) is 48.5 Å². The third-order valence-corrected chi connectivity index (χ3v) is 7.65. The third-order valence-electron chi connectivity index (χ3n) is 6.29. The maximum atomic E-state index is 13.9. The largest absolute Gasteiger partial charge is 0.352 e. The number of nitrogens with zero attached hydrogens (tertiary/aromatic N) is 1. The van der Waals surface area contributed by atoms with Crippen molar-refractivity contribution < 1.29 is 17.6 Å². The van der Waals surface area contributed by atoms with Crippen LogP contribution in [-0.4, -0.2) is 38.9 Å². The van der Waals surface area contributed by atoms with Gasteiger partial charge in [0.05, 0.1) is 10.6 Å². The van der Waals surface area contributed by atoms with E-state index in [0.717, 1.165) is 32.5 Å². The number of para-hydroxylation sites is 1. The Hall–Kier alpha value is -3.23. The minimum atomic E-state index is -4.06. The molecule has 1 heterocycles. The number of nitrogens with one attached hydrogen (secondary N) is 2. The maximum Gasteiger partial charge on any atom is 0.262 e. The summed E-state index contributed by atoms with van der Waals surface area (Å²) in [4.78, 5) is 15.3. The zero-order valence-corrected chi connectivity index (χ0v) is 20.5. The van der Waals surface area contributed by atoms with Gasteiger partial charge in [-0.05, 0) is 67.6 Å². The second-order valence-corrected chi connectivity index (χ2v) is 10.7. The molecule has 0 spiro atoms. The molecule has 0 saturated carbocycles. The Bertz CT molecular complexity index is 1280. The zero-order chi connectivity index (χ0) is 24.8. The number of hydrogen-bond donors (Lipinski definition) is 2. The molecule has 0 radical (unpaired) electrons. The summed E-state index contributed by atoms with van der Waals surface area (Å²) in [5.74, 6) is -0.660. The standard InChI is InChI=1S/C27H30FN3O3S/c1-20-13-14-23(35(33,34)30-26-12-6-5-11-25(26)28)16-24(20)27(32)29-17-22-10-7-15-31(19-22)18-21-8-3-2-4-9-21/h2-6,8-9,11-14,16,22,30H,7,10,15,17-19H2,1H3,(H,29,32). The van der Waals surface area contributed by atoms with Gasteiger partial charge in [0.1, 0.15) is 5.82 Å². The molecule has 0 aromatic heterocycles. The van der Waals surface area contributed by atoms with Crippen LogP contribution in [0.5, 0.6) is 0 Å². The van der Waals surface area contributed by atoms with Gasteiger partial charge in [-0.15, -0.1) is 0 Å². The second kappa shape index (κ2) is 11.0. The molecule has 3 aromatic rings. The number of rotatable bonds is 8. The number of anilines is 1. The lowest BCUT2D eigenvalue weighted by atomic mass is 9.97. The molecule has 35 heavy (non-hydrogen) atoms. The highest BCUT2D eigenvalue weighted by atomic mass is 32.2. The number of carbonyl (C=O) groups is 1. The zero-order valence-electron chi connectivity index (χ0n) is 19.7. The van der Waals surface area contributed by atoms with Gasteiger partial charge in [-0.25, -0.2) is 12.8 Å². The Morgan fingerprint density at radius 1 is 1.06 bits per heavy atom. The lowest BCUT2D eigenvalue weighted by molar-refractivity contribution is 0.0929. The molecule has 1 amide bonds. The van der Waals surface area contributed by atoms with Crippen molar-refractivity contribution in [2.75, 3.05) is 24.4 Å². The molecule has 1 atom stereocenters. The molecule has 184 valence electrons. The van der Waals surface area contributed by atoms with Crippen LogP contribution >= 0.6 is 0 Å². The first kappa shape index (κ1) is 24.9. The minimum absolute atomic E-state index is 0.0943. The Kier molecular flexibility index (Phi) is 7.83. The van der Waals surface area contributed by atoms with Crippen molar-refractivity contribution in [3.05, 3.63) is 95.3 Å². The number of likely N-dealkylation sites (tertiary alicyclic amines) is 1. The van der Waals surface area contributed by atoms with Crippen LogP contribution in [-0.2, 0) is 16.6 Å². The summed E-state index contributed by atoms with van der Waals surface area (Å²) in [5.41, 5.74) is 2.09. The van der Waals surface area contributed by atoms with E-state index in [-0.39, 0.29) is 16.5 Å². The molecule has 1 saturated heterocycles. The van der Waals surface area contributed by atoms with Crippen LogP contribution in [0.1, 0.15) is 34.3 Å². The number of halogens is 1. The Balaban J connectivity index is 1.39. The van der Waals surface area contributed by atoms with Crippen LogP contribution in [0, 0.1) is 18.7 Å². The van der Waals surface area contributed by atoms with Gasteiger partial charge in [0.25, 0.3) is 15.9 Å². The molecule has 1 unspecified atom stereocenters. The normalized spacial score (nSPS) is 16.6. The molecular weight excluding hydrogens is 465 g/mol. The van der Waals surface area contributed by atoms with E-state index in [9.17, 15) is 17.6 Å². The fourth-order valence-electron chi connectivity index (χ4n) is 4.40. The van der Waals surface area contributed by atoms with Crippen molar-refractivity contribution in [3.8, 4) is 0 Å². The first-order valence-corrected chi connectivity index (χ1v) is 13.2. The highest BCUT2D eigenvalue weighted by Gasteiger charge is 2.23. The molecule has 1 fully saturated rings. The van der Waals surface area contributed by atoms with E-state index in [2.05, 4.69) is 27.1 Å². The van der Waals surface area contributed by atoms with Gasteiger partial charge < -0.3 is 5.32 Å². The van der Waals surface area contributed by atoms with Gasteiger partial charge >= 0.3 is 0 Å². The fourth-order valence-corrected chi connectivity index (χ4v) is 5.49.